The SMILES string of the molecule is COC1=CC(C(=O)NC[C@@](O)(c2ccccc2)c2cc(C(N)=O)c(F)c(-c3cc(Cl)c(F)cc3F)n2)=C/C(=C/NC2CC2)C1=N. The normalized spacial score (nSPS) is 16.8. The van der Waals surface area contributed by atoms with Crippen LogP contribution in [0.3, 0.4) is 0 Å². The quantitative estimate of drug-likeness (QED) is 0.208. The molecule has 0 bridgehead atoms. The molecule has 3 aromatic rings. The van der Waals surface area contributed by atoms with Crippen molar-refractivity contribution in [3.05, 3.63) is 123 Å². The molecule has 0 unspecified atom stereocenters. The fourth-order valence-electron chi connectivity index (χ4n) is 4.67. The van der Waals surface area contributed by atoms with Gasteiger partial charge >= 0.3 is 0 Å². The number of nitrogens with zero attached hydrogens (tertiary/aromatic N) is 1. The first-order chi connectivity index (χ1) is 21.4. The smallest absolute Gasteiger partial charge is 0.251 e. The minimum absolute atomic E-state index is 0.0677. The van der Waals surface area contributed by atoms with E-state index >= 15 is 4.39 Å². The van der Waals surface area contributed by atoms with Crippen molar-refractivity contribution in [2.75, 3.05) is 13.7 Å². The number of allylic oxidation sites excluding steroid dienone is 2. The lowest BCUT2D eigenvalue weighted by Gasteiger charge is -2.30. The first-order valence-electron chi connectivity index (χ1n) is 13.7. The van der Waals surface area contributed by atoms with E-state index in [9.17, 15) is 23.5 Å². The molecule has 13 heteroatoms. The van der Waals surface area contributed by atoms with Crippen LogP contribution in [-0.4, -0.2) is 47.3 Å². The zero-order valence-electron chi connectivity index (χ0n) is 23.8. The van der Waals surface area contributed by atoms with Crippen LogP contribution in [0.1, 0.15) is 34.5 Å². The molecule has 2 aliphatic rings. The Hall–Kier alpha value is -4.94. The Morgan fingerprint density at radius 1 is 1.16 bits per heavy atom. The fraction of sp³-hybridized carbons (Fsp3) is 0.188. The Bertz CT molecular complexity index is 1810. The minimum Gasteiger partial charge on any atom is -0.494 e. The van der Waals surface area contributed by atoms with Gasteiger partial charge in [0, 0.05) is 35.0 Å². The molecular weight excluding hydrogens is 611 g/mol. The number of rotatable bonds is 10. The van der Waals surface area contributed by atoms with Gasteiger partial charge in [0.2, 0.25) is 0 Å². The Kier molecular flexibility index (Phi) is 8.80. The highest BCUT2D eigenvalue weighted by Crippen LogP contribution is 2.35. The number of nitrogens with two attached hydrogens (primary N) is 1. The van der Waals surface area contributed by atoms with Gasteiger partial charge in [0.15, 0.2) is 5.82 Å². The third-order valence-electron chi connectivity index (χ3n) is 7.33. The molecule has 1 fully saturated rings. The van der Waals surface area contributed by atoms with Crippen LogP contribution in [0.5, 0.6) is 0 Å². The van der Waals surface area contributed by atoms with Crippen molar-refractivity contribution in [1.82, 2.24) is 15.6 Å². The molecule has 6 N–H and O–H groups in total. The molecule has 2 aromatic carbocycles. The predicted molar refractivity (Wildman–Crippen MR) is 161 cm³/mol. The molecule has 2 aliphatic carbocycles. The largest absolute Gasteiger partial charge is 0.494 e. The van der Waals surface area contributed by atoms with Crippen molar-refractivity contribution in [3.63, 3.8) is 0 Å². The predicted octanol–water partition coefficient (Wildman–Crippen LogP) is 4.40. The standard InChI is InChI=1S/C32H27ClF3N5O4/c1-45-25-10-16(9-17(28(25)37)14-39-19-7-8-19)31(43)40-15-32(44,18-5-3-2-4-6-18)26-12-21(30(38)42)27(36)29(41-26)20-11-22(33)24(35)13-23(20)34/h2-6,9-14,19,37,39,44H,7-8,15H2,1H3,(H2,38,42)(H,40,43)/b17-14-,37-28?/t32-/m1/s1. The Labute approximate surface area is 260 Å². The van der Waals surface area contributed by atoms with Gasteiger partial charge in [-0.05, 0) is 42.7 Å². The van der Waals surface area contributed by atoms with Crippen LogP contribution < -0.4 is 16.4 Å². The molecule has 9 nitrogen and oxygen atoms in total. The lowest BCUT2D eigenvalue weighted by atomic mass is 9.88. The number of primary amides is 1. The summed E-state index contributed by atoms with van der Waals surface area (Å²) >= 11 is 5.83. The second-order valence-electron chi connectivity index (χ2n) is 10.5. The number of methoxy groups -OCH3 is 1. The summed E-state index contributed by atoms with van der Waals surface area (Å²) in [7, 11) is 1.37. The lowest BCUT2D eigenvalue weighted by Crippen LogP contribution is -2.43. The van der Waals surface area contributed by atoms with Gasteiger partial charge < -0.3 is 26.2 Å². The molecule has 45 heavy (non-hydrogen) atoms. The summed E-state index contributed by atoms with van der Waals surface area (Å²) in [4.78, 5) is 29.9. The molecule has 1 heterocycles. The molecule has 0 radical (unpaired) electrons. The Morgan fingerprint density at radius 3 is 2.51 bits per heavy atom. The van der Waals surface area contributed by atoms with E-state index in [4.69, 9.17) is 27.5 Å². The highest BCUT2D eigenvalue weighted by molar-refractivity contribution is 6.31. The van der Waals surface area contributed by atoms with Crippen LogP contribution in [0.25, 0.3) is 11.3 Å². The van der Waals surface area contributed by atoms with Crippen molar-refractivity contribution in [3.8, 4) is 11.3 Å². The van der Waals surface area contributed by atoms with E-state index in [2.05, 4.69) is 15.6 Å². The zero-order chi connectivity index (χ0) is 32.5. The maximum absolute atomic E-state index is 15.5. The molecule has 0 aliphatic heterocycles. The molecule has 1 aromatic heterocycles. The molecule has 1 saturated carbocycles. The van der Waals surface area contributed by atoms with Crippen LogP contribution in [0.4, 0.5) is 13.2 Å². The number of nitrogens with one attached hydrogen (secondary N) is 3. The minimum atomic E-state index is -2.23. The molecule has 2 amide bonds. The third-order valence-corrected chi connectivity index (χ3v) is 7.62. The number of halogens is 4. The van der Waals surface area contributed by atoms with Gasteiger partial charge in [0.1, 0.15) is 34.4 Å². The van der Waals surface area contributed by atoms with E-state index in [0.717, 1.165) is 25.0 Å². The summed E-state index contributed by atoms with van der Waals surface area (Å²) in [6, 6.07) is 10.3. The van der Waals surface area contributed by atoms with E-state index in [1.165, 1.54) is 31.4 Å². The highest BCUT2D eigenvalue weighted by atomic mass is 35.5. The number of aliphatic hydroxyl groups is 1. The van der Waals surface area contributed by atoms with Crippen LogP contribution in [0, 0.1) is 22.9 Å². The van der Waals surface area contributed by atoms with Crippen molar-refractivity contribution < 1.29 is 32.6 Å². The van der Waals surface area contributed by atoms with E-state index in [1.54, 1.807) is 24.4 Å². The number of carbonyl (C=O) groups excluding carboxylic acids is 2. The summed E-state index contributed by atoms with van der Waals surface area (Å²) in [5.41, 5.74) is 1.48. The Balaban J connectivity index is 1.57. The van der Waals surface area contributed by atoms with Crippen molar-refractivity contribution >= 4 is 29.1 Å². The number of amides is 2. The van der Waals surface area contributed by atoms with Gasteiger partial charge in [0.05, 0.1) is 29.9 Å². The second-order valence-corrected chi connectivity index (χ2v) is 10.9. The molecule has 232 valence electrons. The molecule has 0 spiro atoms. The third kappa shape index (κ3) is 6.47. The topological polar surface area (TPSA) is 150 Å². The average Bonchev–Trinajstić information content (AvgIpc) is 3.86. The summed E-state index contributed by atoms with van der Waals surface area (Å²) < 4.78 is 49.6. The first kappa shape index (κ1) is 31.5. The van der Waals surface area contributed by atoms with E-state index in [0.29, 0.717) is 17.7 Å². The number of hydrogen-bond acceptors (Lipinski definition) is 7. The van der Waals surface area contributed by atoms with Crippen molar-refractivity contribution in [2.24, 2.45) is 5.73 Å². The van der Waals surface area contributed by atoms with Gasteiger partial charge in [-0.15, -0.1) is 0 Å². The number of aromatic nitrogens is 1. The van der Waals surface area contributed by atoms with Gasteiger partial charge in [-0.2, -0.15) is 0 Å². The van der Waals surface area contributed by atoms with Crippen molar-refractivity contribution in [1.29, 1.82) is 5.41 Å². The zero-order valence-corrected chi connectivity index (χ0v) is 24.5. The lowest BCUT2D eigenvalue weighted by molar-refractivity contribution is -0.118. The number of ether oxygens (including phenoxy) is 1. The number of carbonyl (C=O) groups is 2. The van der Waals surface area contributed by atoms with E-state index < -0.39 is 63.3 Å². The summed E-state index contributed by atoms with van der Waals surface area (Å²) in [5, 5.41) is 25.8. The highest BCUT2D eigenvalue weighted by Gasteiger charge is 2.37. The fourth-order valence-corrected chi connectivity index (χ4v) is 4.83. The maximum atomic E-state index is 15.5. The molecule has 1 atom stereocenters. The Morgan fingerprint density at radius 2 is 1.87 bits per heavy atom. The van der Waals surface area contributed by atoms with Crippen LogP contribution >= 0.6 is 11.6 Å². The van der Waals surface area contributed by atoms with Gasteiger partial charge in [0.25, 0.3) is 11.8 Å². The van der Waals surface area contributed by atoms with Crippen LogP contribution in [0.2, 0.25) is 5.02 Å². The molecular formula is C32H27ClF3N5O4. The number of benzene rings is 2. The van der Waals surface area contributed by atoms with Crippen molar-refractivity contribution in [2.45, 2.75) is 24.5 Å². The maximum Gasteiger partial charge on any atom is 0.251 e. The molecule has 5 rings (SSSR count). The van der Waals surface area contributed by atoms with E-state index in [1.807, 2.05) is 0 Å². The average molecular weight is 638 g/mol. The number of pyridine rings is 1. The monoisotopic (exact) mass is 637 g/mol. The van der Waals surface area contributed by atoms with Gasteiger partial charge in [-0.1, -0.05) is 41.9 Å². The van der Waals surface area contributed by atoms with Gasteiger partial charge in [-0.25, -0.2) is 18.2 Å². The second kappa shape index (κ2) is 12.6. The van der Waals surface area contributed by atoms with Gasteiger partial charge in [-0.3, -0.25) is 15.0 Å². The van der Waals surface area contributed by atoms with Crippen LogP contribution in [0.15, 0.2) is 83.8 Å². The van der Waals surface area contributed by atoms with Crippen LogP contribution in [-0.2, 0) is 15.1 Å². The first-order valence-corrected chi connectivity index (χ1v) is 14.1. The summed E-state index contributed by atoms with van der Waals surface area (Å²) in [5.74, 6) is -5.44. The summed E-state index contributed by atoms with van der Waals surface area (Å²) in [6.45, 7) is -0.566. The number of hydrogen-bond donors (Lipinski definition) is 5. The summed E-state index contributed by atoms with van der Waals surface area (Å²) in [6.07, 6.45) is 6.48. The van der Waals surface area contributed by atoms with E-state index in [-0.39, 0.29) is 28.3 Å². The molecule has 0 saturated heterocycles.